The van der Waals surface area contributed by atoms with Crippen molar-refractivity contribution in [3.8, 4) is 11.5 Å². The SMILES string of the molecule is COc1cc(C=NNC(N)=S)ccc1OCc1cc#ccc1F. The van der Waals surface area contributed by atoms with E-state index in [1.165, 1.54) is 25.5 Å². The van der Waals surface area contributed by atoms with Gasteiger partial charge in [-0.1, -0.05) is 12.1 Å². The summed E-state index contributed by atoms with van der Waals surface area (Å²) in [6, 6.07) is 13.1. The van der Waals surface area contributed by atoms with Gasteiger partial charge in [-0.25, -0.2) is 4.39 Å². The van der Waals surface area contributed by atoms with E-state index in [1.807, 2.05) is 0 Å². The Morgan fingerprint density at radius 2 is 2.17 bits per heavy atom. The number of rotatable bonds is 6. The van der Waals surface area contributed by atoms with Crippen LogP contribution in [0.5, 0.6) is 11.5 Å². The molecule has 0 aliphatic carbocycles. The number of thiocarbonyl (C=S) groups is 1. The van der Waals surface area contributed by atoms with Crippen molar-refractivity contribution >= 4 is 23.5 Å². The number of hydrazone groups is 1. The molecule has 118 valence electrons. The molecule has 0 saturated heterocycles. The third kappa shape index (κ3) is 4.83. The molecule has 2 aromatic carbocycles. The smallest absolute Gasteiger partial charge is 0.184 e. The molecule has 0 aromatic heterocycles. The Morgan fingerprint density at radius 3 is 2.87 bits per heavy atom. The molecule has 2 rings (SSSR count). The predicted molar refractivity (Wildman–Crippen MR) is 88.9 cm³/mol. The van der Waals surface area contributed by atoms with Crippen LogP contribution in [0.15, 0.2) is 35.4 Å². The summed E-state index contributed by atoms with van der Waals surface area (Å²) in [7, 11) is 1.52. The van der Waals surface area contributed by atoms with Crippen molar-refractivity contribution in [2.45, 2.75) is 6.61 Å². The van der Waals surface area contributed by atoms with Gasteiger partial charge in [-0.05, 0) is 42.0 Å². The number of benzene rings is 1. The fraction of sp³-hybridized carbons (Fsp3) is 0.125. The van der Waals surface area contributed by atoms with E-state index in [0.717, 1.165) is 5.56 Å². The highest BCUT2D eigenvalue weighted by Crippen LogP contribution is 2.28. The summed E-state index contributed by atoms with van der Waals surface area (Å²) in [5, 5.41) is 3.93. The van der Waals surface area contributed by atoms with E-state index in [4.69, 9.17) is 15.2 Å². The average Bonchev–Trinajstić information content (AvgIpc) is 2.54. The zero-order valence-corrected chi connectivity index (χ0v) is 13.1. The maximum absolute atomic E-state index is 13.5. The van der Waals surface area contributed by atoms with Gasteiger partial charge in [0.25, 0.3) is 0 Å². The van der Waals surface area contributed by atoms with Crippen molar-refractivity contribution in [1.82, 2.24) is 5.43 Å². The standard InChI is InChI=1S/C16H14FN3O2S/c1-21-15-8-11(9-19-20-16(18)23)6-7-14(15)22-10-12-4-2-3-5-13(12)17/h4-9H,10H2,1H3,(H3,18,20,23). The molecule has 0 radical (unpaired) electrons. The molecule has 3 N–H and O–H groups in total. The van der Waals surface area contributed by atoms with Gasteiger partial charge >= 0.3 is 0 Å². The minimum atomic E-state index is -0.393. The molecular formula is C16H14FN3O2S. The van der Waals surface area contributed by atoms with E-state index in [-0.39, 0.29) is 11.7 Å². The fourth-order valence-electron chi connectivity index (χ4n) is 1.72. The second kappa shape index (κ2) is 7.96. The molecule has 0 spiro atoms. The summed E-state index contributed by atoms with van der Waals surface area (Å²) in [6.07, 6.45) is 1.53. The average molecular weight is 331 g/mol. The Kier molecular flexibility index (Phi) is 5.72. The first-order valence-corrected chi connectivity index (χ1v) is 6.96. The van der Waals surface area contributed by atoms with Crippen LogP contribution in [0, 0.1) is 17.9 Å². The van der Waals surface area contributed by atoms with E-state index in [2.05, 4.69) is 34.9 Å². The zero-order chi connectivity index (χ0) is 16.7. The largest absolute Gasteiger partial charge is 0.493 e. The number of nitrogens with zero attached hydrogens (tertiary/aromatic N) is 1. The molecule has 7 heteroatoms. The first-order chi connectivity index (χ1) is 11.1. The van der Waals surface area contributed by atoms with Crippen LogP contribution in [0.2, 0.25) is 0 Å². The van der Waals surface area contributed by atoms with Gasteiger partial charge in [-0.15, -0.1) is 0 Å². The summed E-state index contributed by atoms with van der Waals surface area (Å²) in [5.74, 6) is 0.589. The number of hydrogen-bond donors (Lipinski definition) is 2. The second-order valence-corrected chi connectivity index (χ2v) is 4.82. The van der Waals surface area contributed by atoms with E-state index in [1.54, 1.807) is 18.2 Å². The van der Waals surface area contributed by atoms with Crippen LogP contribution >= 0.6 is 12.2 Å². The molecular weight excluding hydrogens is 317 g/mol. The Balaban J connectivity index is 2.09. The van der Waals surface area contributed by atoms with E-state index < -0.39 is 5.82 Å². The van der Waals surface area contributed by atoms with Gasteiger partial charge in [-0.2, -0.15) is 5.10 Å². The Hall–Kier alpha value is -2.85. The molecule has 0 saturated carbocycles. The number of methoxy groups -OCH3 is 1. The summed E-state index contributed by atoms with van der Waals surface area (Å²) >= 11 is 4.64. The van der Waals surface area contributed by atoms with E-state index >= 15 is 0 Å². The summed E-state index contributed by atoms with van der Waals surface area (Å²) in [6.45, 7) is 0.0593. The van der Waals surface area contributed by atoms with E-state index in [0.29, 0.717) is 17.1 Å². The molecule has 0 atom stereocenters. The van der Waals surface area contributed by atoms with Gasteiger partial charge in [0.05, 0.1) is 13.3 Å². The van der Waals surface area contributed by atoms with Gasteiger partial charge in [0.2, 0.25) is 0 Å². The van der Waals surface area contributed by atoms with Crippen LogP contribution in [0.4, 0.5) is 4.39 Å². The lowest BCUT2D eigenvalue weighted by atomic mass is 10.2. The maximum atomic E-state index is 13.5. The van der Waals surface area contributed by atoms with Gasteiger partial charge in [0.1, 0.15) is 12.4 Å². The number of hydrogen-bond acceptors (Lipinski definition) is 4. The van der Waals surface area contributed by atoms with Crippen molar-refractivity contribution in [3.63, 3.8) is 0 Å². The van der Waals surface area contributed by atoms with Crippen LogP contribution in [0.3, 0.4) is 0 Å². The predicted octanol–water partition coefficient (Wildman–Crippen LogP) is 2.18. The van der Waals surface area contributed by atoms with Gasteiger partial charge < -0.3 is 15.2 Å². The van der Waals surface area contributed by atoms with Crippen molar-refractivity contribution < 1.29 is 13.9 Å². The topological polar surface area (TPSA) is 68.9 Å². The minimum Gasteiger partial charge on any atom is -0.493 e. The number of nitrogens with one attached hydrogen (secondary N) is 1. The van der Waals surface area contributed by atoms with Crippen molar-refractivity contribution in [1.29, 1.82) is 0 Å². The summed E-state index contributed by atoms with van der Waals surface area (Å²) in [5.41, 5.74) is 8.87. The maximum Gasteiger partial charge on any atom is 0.184 e. The highest BCUT2D eigenvalue weighted by atomic mass is 32.1. The minimum absolute atomic E-state index is 0.0593. The van der Waals surface area contributed by atoms with E-state index in [9.17, 15) is 4.39 Å². The first-order valence-electron chi connectivity index (χ1n) is 6.55. The highest BCUT2D eigenvalue weighted by molar-refractivity contribution is 7.80. The molecule has 2 aromatic rings. The molecule has 5 nitrogen and oxygen atoms in total. The van der Waals surface area contributed by atoms with Crippen LogP contribution in [-0.2, 0) is 6.61 Å². The normalized spacial score (nSPS) is 10.2. The summed E-state index contributed by atoms with van der Waals surface area (Å²) < 4.78 is 24.4. The third-order valence-corrected chi connectivity index (χ3v) is 2.89. The molecule has 0 fully saturated rings. The molecule has 0 heterocycles. The Labute approximate surface area is 138 Å². The van der Waals surface area contributed by atoms with Gasteiger partial charge in [0.15, 0.2) is 16.6 Å². The van der Waals surface area contributed by atoms with Crippen LogP contribution in [0.25, 0.3) is 0 Å². The van der Waals surface area contributed by atoms with Crippen LogP contribution in [0.1, 0.15) is 11.1 Å². The highest BCUT2D eigenvalue weighted by Gasteiger charge is 2.07. The first kappa shape index (κ1) is 16.5. The lowest BCUT2D eigenvalue weighted by Gasteiger charge is -2.11. The van der Waals surface area contributed by atoms with Crippen molar-refractivity contribution in [2.24, 2.45) is 10.8 Å². The molecule has 0 aliphatic heterocycles. The van der Waals surface area contributed by atoms with Crippen LogP contribution < -0.4 is 20.6 Å². The monoisotopic (exact) mass is 331 g/mol. The van der Waals surface area contributed by atoms with Gasteiger partial charge in [-0.3, -0.25) is 5.43 Å². The molecule has 0 amide bonds. The molecule has 0 aliphatic rings. The van der Waals surface area contributed by atoms with Crippen molar-refractivity contribution in [2.75, 3.05) is 7.11 Å². The number of nitrogens with two attached hydrogens (primary N) is 1. The second-order valence-electron chi connectivity index (χ2n) is 4.38. The summed E-state index contributed by atoms with van der Waals surface area (Å²) in [4.78, 5) is 0. The fourth-order valence-corrected chi connectivity index (χ4v) is 1.77. The van der Waals surface area contributed by atoms with Crippen molar-refractivity contribution in [3.05, 3.63) is 59.4 Å². The lowest BCUT2D eigenvalue weighted by Crippen LogP contribution is -2.23. The molecule has 23 heavy (non-hydrogen) atoms. The Bertz CT molecular complexity index is 722. The lowest BCUT2D eigenvalue weighted by molar-refractivity contribution is 0.280. The number of ether oxygens (including phenoxy) is 2. The van der Waals surface area contributed by atoms with Gasteiger partial charge in [0, 0.05) is 11.6 Å². The Morgan fingerprint density at radius 1 is 1.39 bits per heavy atom. The molecule has 0 bridgehead atoms. The molecule has 0 unspecified atom stereocenters. The zero-order valence-electron chi connectivity index (χ0n) is 12.3. The number of halogens is 1. The third-order valence-electron chi connectivity index (χ3n) is 2.79. The van der Waals surface area contributed by atoms with Crippen LogP contribution in [-0.4, -0.2) is 18.4 Å². The quantitative estimate of drug-likeness (QED) is 0.482.